The molecule has 0 spiro atoms. The van der Waals surface area contributed by atoms with Gasteiger partial charge in [0.1, 0.15) is 5.69 Å². The van der Waals surface area contributed by atoms with E-state index in [0.29, 0.717) is 5.69 Å². The summed E-state index contributed by atoms with van der Waals surface area (Å²) in [7, 11) is 0. The lowest BCUT2D eigenvalue weighted by Crippen LogP contribution is -2.35. The molecule has 21 heavy (non-hydrogen) atoms. The van der Waals surface area contributed by atoms with E-state index >= 15 is 0 Å². The molecule has 1 aliphatic rings. The van der Waals surface area contributed by atoms with Crippen molar-refractivity contribution in [2.45, 2.75) is 18.9 Å². The molecule has 4 rings (SSSR count). The molecule has 1 aromatic heterocycles. The Balaban J connectivity index is 1.52. The molecule has 1 heterocycles. The summed E-state index contributed by atoms with van der Waals surface area (Å²) in [5.41, 5.74) is 4.32. The van der Waals surface area contributed by atoms with E-state index < -0.39 is 0 Å². The van der Waals surface area contributed by atoms with Crippen LogP contribution >= 0.6 is 0 Å². The summed E-state index contributed by atoms with van der Waals surface area (Å²) in [6.07, 6.45) is 1.84. The van der Waals surface area contributed by atoms with Gasteiger partial charge in [-0.3, -0.25) is 4.79 Å². The first kappa shape index (κ1) is 12.2. The molecule has 104 valence electrons. The van der Waals surface area contributed by atoms with Gasteiger partial charge in [0, 0.05) is 16.9 Å². The lowest BCUT2D eigenvalue weighted by Gasteiger charge is -2.10. The molecule has 2 aromatic carbocycles. The summed E-state index contributed by atoms with van der Waals surface area (Å²) in [6.45, 7) is 0. The summed E-state index contributed by atoms with van der Waals surface area (Å²) in [5.74, 6) is -0.0241. The molecule has 0 saturated heterocycles. The Morgan fingerprint density at radius 1 is 1.00 bits per heavy atom. The zero-order valence-corrected chi connectivity index (χ0v) is 11.6. The summed E-state index contributed by atoms with van der Waals surface area (Å²) >= 11 is 0. The fourth-order valence-corrected chi connectivity index (χ4v) is 3.12. The van der Waals surface area contributed by atoms with Crippen LogP contribution in [0.3, 0.4) is 0 Å². The Labute approximate surface area is 123 Å². The molecule has 0 unspecified atom stereocenters. The Bertz CT molecular complexity index is 761. The van der Waals surface area contributed by atoms with Crippen molar-refractivity contribution in [2.75, 3.05) is 0 Å². The molecule has 0 atom stereocenters. The molecule has 1 aliphatic carbocycles. The van der Waals surface area contributed by atoms with E-state index in [0.717, 1.165) is 23.7 Å². The van der Waals surface area contributed by atoms with Crippen molar-refractivity contribution < 1.29 is 4.79 Å². The maximum absolute atomic E-state index is 12.4. The average molecular weight is 276 g/mol. The summed E-state index contributed by atoms with van der Waals surface area (Å²) in [6, 6.07) is 18.4. The number of carbonyl (C=O) groups is 1. The number of aromatic amines is 1. The lowest BCUT2D eigenvalue weighted by atomic mass is 10.1. The van der Waals surface area contributed by atoms with Crippen molar-refractivity contribution >= 4 is 16.8 Å². The predicted molar refractivity (Wildman–Crippen MR) is 83.4 cm³/mol. The topological polar surface area (TPSA) is 44.9 Å². The highest BCUT2D eigenvalue weighted by molar-refractivity contribution is 5.98. The SMILES string of the molecule is O=C(NC1Cc2ccccc2C1)c1cc2ccccc2[nH]1. The molecular formula is C18H16N2O. The van der Waals surface area contributed by atoms with Crippen LogP contribution in [0.15, 0.2) is 54.6 Å². The van der Waals surface area contributed by atoms with E-state index in [1.54, 1.807) is 0 Å². The van der Waals surface area contributed by atoms with Crippen molar-refractivity contribution in [1.82, 2.24) is 10.3 Å². The van der Waals surface area contributed by atoms with Crippen LogP contribution in [0.25, 0.3) is 10.9 Å². The molecule has 0 fully saturated rings. The van der Waals surface area contributed by atoms with Crippen LogP contribution in [0, 0.1) is 0 Å². The number of H-pyrrole nitrogens is 1. The highest BCUT2D eigenvalue weighted by Crippen LogP contribution is 2.22. The first-order valence-corrected chi connectivity index (χ1v) is 7.25. The normalized spacial score (nSPS) is 14.3. The third kappa shape index (κ3) is 2.21. The van der Waals surface area contributed by atoms with Crippen LogP contribution in [0.4, 0.5) is 0 Å². The van der Waals surface area contributed by atoms with Crippen LogP contribution in [-0.2, 0) is 12.8 Å². The number of hydrogen-bond acceptors (Lipinski definition) is 1. The van der Waals surface area contributed by atoms with Crippen LogP contribution in [0.2, 0.25) is 0 Å². The Morgan fingerprint density at radius 3 is 2.38 bits per heavy atom. The van der Waals surface area contributed by atoms with E-state index in [1.807, 2.05) is 30.3 Å². The second-order valence-electron chi connectivity index (χ2n) is 5.62. The third-order valence-electron chi connectivity index (χ3n) is 4.16. The van der Waals surface area contributed by atoms with Gasteiger partial charge in [-0.25, -0.2) is 0 Å². The van der Waals surface area contributed by atoms with E-state index in [9.17, 15) is 4.79 Å². The fraction of sp³-hybridized carbons (Fsp3) is 0.167. The number of rotatable bonds is 2. The number of aromatic nitrogens is 1. The van der Waals surface area contributed by atoms with Crippen molar-refractivity contribution in [2.24, 2.45) is 0 Å². The molecule has 0 aliphatic heterocycles. The average Bonchev–Trinajstić information content (AvgIpc) is 3.10. The molecule has 3 heteroatoms. The molecule has 3 aromatic rings. The van der Waals surface area contributed by atoms with Gasteiger partial charge >= 0.3 is 0 Å². The maximum Gasteiger partial charge on any atom is 0.267 e. The molecule has 0 saturated carbocycles. The van der Waals surface area contributed by atoms with Gasteiger partial charge < -0.3 is 10.3 Å². The maximum atomic E-state index is 12.4. The van der Waals surface area contributed by atoms with Crippen LogP contribution < -0.4 is 5.32 Å². The number of benzene rings is 2. The van der Waals surface area contributed by atoms with E-state index in [4.69, 9.17) is 0 Å². The van der Waals surface area contributed by atoms with E-state index in [-0.39, 0.29) is 11.9 Å². The highest BCUT2D eigenvalue weighted by atomic mass is 16.1. The van der Waals surface area contributed by atoms with Gasteiger partial charge in [0.05, 0.1) is 0 Å². The van der Waals surface area contributed by atoms with Crippen molar-refractivity contribution in [1.29, 1.82) is 0 Å². The number of fused-ring (bicyclic) bond motifs is 2. The van der Waals surface area contributed by atoms with Crippen LogP contribution in [-0.4, -0.2) is 16.9 Å². The molecule has 2 N–H and O–H groups in total. The van der Waals surface area contributed by atoms with Crippen LogP contribution in [0.1, 0.15) is 21.6 Å². The monoisotopic (exact) mass is 276 g/mol. The summed E-state index contributed by atoms with van der Waals surface area (Å²) in [5, 5.41) is 4.20. The summed E-state index contributed by atoms with van der Waals surface area (Å²) in [4.78, 5) is 15.6. The molecule has 3 nitrogen and oxygen atoms in total. The Kier molecular flexibility index (Phi) is 2.78. The first-order chi connectivity index (χ1) is 10.3. The lowest BCUT2D eigenvalue weighted by molar-refractivity contribution is 0.0934. The fourth-order valence-electron chi connectivity index (χ4n) is 3.12. The van der Waals surface area contributed by atoms with Crippen molar-refractivity contribution in [3.8, 4) is 0 Å². The zero-order chi connectivity index (χ0) is 14.2. The van der Waals surface area contributed by atoms with Crippen molar-refractivity contribution in [3.05, 3.63) is 71.4 Å². The van der Waals surface area contributed by atoms with Crippen molar-refractivity contribution in [3.63, 3.8) is 0 Å². The van der Waals surface area contributed by atoms with Gasteiger partial charge in [0.15, 0.2) is 0 Å². The largest absolute Gasteiger partial charge is 0.351 e. The van der Waals surface area contributed by atoms with Gasteiger partial charge in [-0.05, 0) is 36.1 Å². The molecule has 0 radical (unpaired) electrons. The zero-order valence-electron chi connectivity index (χ0n) is 11.6. The number of nitrogens with one attached hydrogen (secondary N) is 2. The van der Waals surface area contributed by atoms with Gasteiger partial charge in [-0.1, -0.05) is 42.5 Å². The Morgan fingerprint density at radius 2 is 1.67 bits per heavy atom. The second-order valence-corrected chi connectivity index (χ2v) is 5.62. The third-order valence-corrected chi connectivity index (χ3v) is 4.16. The van der Waals surface area contributed by atoms with Gasteiger partial charge in [-0.15, -0.1) is 0 Å². The standard InChI is InChI=1S/C18H16N2O/c21-18(17-11-14-7-3-4-8-16(14)20-17)19-15-9-12-5-1-2-6-13(12)10-15/h1-8,11,15,20H,9-10H2,(H,19,21). The highest BCUT2D eigenvalue weighted by Gasteiger charge is 2.23. The van der Waals surface area contributed by atoms with Gasteiger partial charge in [0.2, 0.25) is 0 Å². The minimum Gasteiger partial charge on any atom is -0.351 e. The Hall–Kier alpha value is -2.55. The number of para-hydroxylation sites is 1. The van der Waals surface area contributed by atoms with E-state index in [2.05, 4.69) is 34.6 Å². The molecular weight excluding hydrogens is 260 g/mol. The first-order valence-electron chi connectivity index (χ1n) is 7.25. The number of carbonyl (C=O) groups excluding carboxylic acids is 1. The van der Waals surface area contributed by atoms with E-state index in [1.165, 1.54) is 11.1 Å². The number of amides is 1. The smallest absolute Gasteiger partial charge is 0.267 e. The molecule has 1 amide bonds. The molecule has 0 bridgehead atoms. The van der Waals surface area contributed by atoms with Gasteiger partial charge in [0.25, 0.3) is 5.91 Å². The predicted octanol–water partition coefficient (Wildman–Crippen LogP) is 3.07. The number of hydrogen-bond donors (Lipinski definition) is 2. The van der Waals surface area contributed by atoms with Crippen LogP contribution in [0.5, 0.6) is 0 Å². The minimum absolute atomic E-state index is 0.0241. The minimum atomic E-state index is -0.0241. The van der Waals surface area contributed by atoms with Gasteiger partial charge in [-0.2, -0.15) is 0 Å². The quantitative estimate of drug-likeness (QED) is 0.742. The second kappa shape index (κ2) is 4.77. The summed E-state index contributed by atoms with van der Waals surface area (Å²) < 4.78 is 0.